The molecule has 2 rings (SSSR count). The second-order valence-electron chi connectivity index (χ2n) is 5.74. The molecule has 0 aliphatic carbocycles. The third kappa shape index (κ3) is 6.21. The van der Waals surface area contributed by atoms with Crippen molar-refractivity contribution >= 4 is 15.9 Å². The summed E-state index contributed by atoms with van der Waals surface area (Å²) in [5.41, 5.74) is 2.25. The van der Waals surface area contributed by atoms with E-state index in [1.54, 1.807) is 30.3 Å². The Morgan fingerprint density at radius 3 is 2.41 bits per heavy atom. The molecular weight excluding hydrogens is 368 g/mol. The average Bonchev–Trinajstić information content (AvgIpc) is 2.68. The molecule has 1 atom stereocenters. The van der Waals surface area contributed by atoms with Gasteiger partial charge in [0.25, 0.3) is 5.91 Å². The van der Waals surface area contributed by atoms with Crippen LogP contribution in [0.4, 0.5) is 0 Å². The van der Waals surface area contributed by atoms with Crippen molar-refractivity contribution < 1.29 is 23.2 Å². The number of ether oxygens (including phenoxy) is 1. The first-order chi connectivity index (χ1) is 13.0. The molecule has 2 aromatic rings. The maximum absolute atomic E-state index is 12.6. The summed E-state index contributed by atoms with van der Waals surface area (Å²) in [5.74, 6) is -0.309. The Kier molecular flexibility index (Phi) is 7.54. The second kappa shape index (κ2) is 9.86. The molecule has 0 bridgehead atoms. The predicted octanol–water partition coefficient (Wildman–Crippen LogP) is 2.04. The van der Waals surface area contributed by atoms with Gasteiger partial charge in [0.1, 0.15) is 11.8 Å². The van der Waals surface area contributed by atoms with Crippen LogP contribution in [0.3, 0.4) is 0 Å². The lowest BCUT2D eigenvalue weighted by atomic mass is 10.1. The van der Waals surface area contributed by atoms with Crippen LogP contribution >= 0.6 is 0 Å². The van der Waals surface area contributed by atoms with Gasteiger partial charge in [-0.15, -0.1) is 6.58 Å². The molecule has 0 spiro atoms. The standard InChI is InChI=1S/C19H22N2O5S/c1-2-3-13-26-16-9-11-17(12-10-16)27(24,25)21-18(19(22)20-23)14-15-7-5-4-6-8-15/h2,4-12,18,21,23H,1,3,13-14H2,(H,20,22)/t18-/m1/s1. The molecule has 7 nitrogen and oxygen atoms in total. The number of rotatable bonds is 10. The van der Waals surface area contributed by atoms with Gasteiger partial charge < -0.3 is 4.74 Å². The van der Waals surface area contributed by atoms with Crippen LogP contribution in [0.15, 0.2) is 72.1 Å². The molecule has 0 heterocycles. The zero-order valence-corrected chi connectivity index (χ0v) is 15.5. The van der Waals surface area contributed by atoms with Crippen LogP contribution < -0.4 is 14.9 Å². The van der Waals surface area contributed by atoms with Gasteiger partial charge in [-0.3, -0.25) is 10.0 Å². The summed E-state index contributed by atoms with van der Waals surface area (Å²) in [6.45, 7) is 4.05. The van der Waals surface area contributed by atoms with Gasteiger partial charge in [-0.05, 0) is 42.7 Å². The first kappa shape index (κ1) is 20.6. The Labute approximate surface area is 158 Å². The monoisotopic (exact) mass is 390 g/mol. The van der Waals surface area contributed by atoms with Gasteiger partial charge in [0, 0.05) is 0 Å². The molecule has 0 saturated heterocycles. The number of carbonyl (C=O) groups excluding carboxylic acids is 1. The highest BCUT2D eigenvalue weighted by molar-refractivity contribution is 7.89. The van der Waals surface area contributed by atoms with Crippen molar-refractivity contribution in [2.24, 2.45) is 0 Å². The molecule has 0 saturated carbocycles. The Morgan fingerprint density at radius 1 is 1.15 bits per heavy atom. The van der Waals surface area contributed by atoms with E-state index in [1.807, 2.05) is 6.07 Å². The van der Waals surface area contributed by atoms with Crippen molar-refractivity contribution in [2.75, 3.05) is 6.61 Å². The zero-order chi connectivity index (χ0) is 19.7. The minimum atomic E-state index is -3.97. The van der Waals surface area contributed by atoms with E-state index < -0.39 is 22.0 Å². The maximum Gasteiger partial charge on any atom is 0.261 e. The van der Waals surface area contributed by atoms with Gasteiger partial charge in [-0.2, -0.15) is 4.72 Å². The molecular formula is C19H22N2O5S. The highest BCUT2D eigenvalue weighted by Crippen LogP contribution is 2.17. The lowest BCUT2D eigenvalue weighted by Crippen LogP contribution is -2.47. The first-order valence-corrected chi connectivity index (χ1v) is 9.78. The van der Waals surface area contributed by atoms with Crippen molar-refractivity contribution in [2.45, 2.75) is 23.8 Å². The molecule has 0 aliphatic rings. The fourth-order valence-electron chi connectivity index (χ4n) is 2.35. The third-order valence-corrected chi connectivity index (χ3v) is 5.22. The number of hydrogen-bond donors (Lipinski definition) is 3. The molecule has 3 N–H and O–H groups in total. The summed E-state index contributed by atoms with van der Waals surface area (Å²) >= 11 is 0. The number of hydroxylamine groups is 1. The maximum atomic E-state index is 12.6. The predicted molar refractivity (Wildman–Crippen MR) is 101 cm³/mol. The summed E-state index contributed by atoms with van der Waals surface area (Å²) in [5, 5.41) is 8.93. The van der Waals surface area contributed by atoms with Crippen LogP contribution in [-0.4, -0.2) is 32.2 Å². The number of amides is 1. The molecule has 144 valence electrons. The van der Waals surface area contributed by atoms with Crippen LogP contribution in [-0.2, 0) is 21.2 Å². The molecule has 2 aromatic carbocycles. The zero-order valence-electron chi connectivity index (χ0n) is 14.7. The minimum absolute atomic E-state index is 0.0117. The van der Waals surface area contributed by atoms with Gasteiger partial charge >= 0.3 is 0 Å². The lowest BCUT2D eigenvalue weighted by molar-refractivity contribution is -0.130. The summed E-state index contributed by atoms with van der Waals surface area (Å²) < 4.78 is 33.0. The van der Waals surface area contributed by atoms with Crippen molar-refractivity contribution in [1.29, 1.82) is 0 Å². The molecule has 0 unspecified atom stereocenters. The summed E-state index contributed by atoms with van der Waals surface area (Å²) in [6, 6.07) is 13.6. The van der Waals surface area contributed by atoms with Gasteiger partial charge in [0.15, 0.2) is 0 Å². The van der Waals surface area contributed by atoms with E-state index in [2.05, 4.69) is 11.3 Å². The van der Waals surface area contributed by atoms with Crippen molar-refractivity contribution in [3.63, 3.8) is 0 Å². The topological polar surface area (TPSA) is 105 Å². The Hall–Kier alpha value is -2.68. The summed E-state index contributed by atoms with van der Waals surface area (Å²) in [7, 11) is -3.97. The number of carbonyl (C=O) groups is 1. The van der Waals surface area contributed by atoms with Crippen molar-refractivity contribution in [1.82, 2.24) is 10.2 Å². The molecule has 8 heteroatoms. The van der Waals surface area contributed by atoms with E-state index in [9.17, 15) is 13.2 Å². The van der Waals surface area contributed by atoms with Crippen LogP contribution in [0.25, 0.3) is 0 Å². The summed E-state index contributed by atoms with van der Waals surface area (Å²) in [6.07, 6.45) is 2.50. The fourth-order valence-corrected chi connectivity index (χ4v) is 3.54. The van der Waals surface area contributed by atoms with Gasteiger partial charge in [0.05, 0.1) is 11.5 Å². The van der Waals surface area contributed by atoms with E-state index in [0.29, 0.717) is 18.8 Å². The van der Waals surface area contributed by atoms with E-state index in [1.165, 1.54) is 29.7 Å². The number of nitrogens with one attached hydrogen (secondary N) is 2. The number of hydrogen-bond acceptors (Lipinski definition) is 5. The summed E-state index contributed by atoms with van der Waals surface area (Å²) in [4.78, 5) is 11.9. The molecule has 1 amide bonds. The number of benzene rings is 2. The third-order valence-electron chi connectivity index (χ3n) is 3.73. The van der Waals surface area contributed by atoms with Crippen LogP contribution in [0.5, 0.6) is 5.75 Å². The van der Waals surface area contributed by atoms with Crippen LogP contribution in [0, 0.1) is 0 Å². The Balaban J connectivity index is 2.13. The van der Waals surface area contributed by atoms with Crippen LogP contribution in [0.2, 0.25) is 0 Å². The lowest BCUT2D eigenvalue weighted by Gasteiger charge is -2.17. The molecule has 27 heavy (non-hydrogen) atoms. The van der Waals surface area contributed by atoms with Gasteiger partial charge in [0.2, 0.25) is 10.0 Å². The first-order valence-electron chi connectivity index (χ1n) is 8.30. The number of sulfonamides is 1. The van der Waals surface area contributed by atoms with Crippen LogP contribution in [0.1, 0.15) is 12.0 Å². The highest BCUT2D eigenvalue weighted by Gasteiger charge is 2.26. The van der Waals surface area contributed by atoms with E-state index in [4.69, 9.17) is 9.94 Å². The van der Waals surface area contributed by atoms with Crippen molar-refractivity contribution in [3.8, 4) is 5.75 Å². The molecule has 0 aliphatic heterocycles. The SMILES string of the molecule is C=CCCOc1ccc(S(=O)(=O)N[C@H](Cc2ccccc2)C(=O)NO)cc1. The van der Waals surface area contributed by atoms with Crippen molar-refractivity contribution in [3.05, 3.63) is 72.8 Å². The molecule has 0 fully saturated rings. The smallest absolute Gasteiger partial charge is 0.261 e. The average molecular weight is 390 g/mol. The normalized spacial score (nSPS) is 12.2. The van der Waals surface area contributed by atoms with E-state index in [0.717, 1.165) is 5.56 Å². The quantitative estimate of drug-likeness (QED) is 0.249. The van der Waals surface area contributed by atoms with E-state index in [-0.39, 0.29) is 11.3 Å². The van der Waals surface area contributed by atoms with E-state index >= 15 is 0 Å². The highest BCUT2D eigenvalue weighted by atomic mass is 32.2. The molecule has 0 aromatic heterocycles. The molecule has 0 radical (unpaired) electrons. The fraction of sp³-hybridized carbons (Fsp3) is 0.211. The second-order valence-corrected chi connectivity index (χ2v) is 7.45. The van der Waals surface area contributed by atoms with Gasteiger partial charge in [-0.25, -0.2) is 13.9 Å². The minimum Gasteiger partial charge on any atom is -0.493 e. The largest absolute Gasteiger partial charge is 0.493 e. The van der Waals surface area contributed by atoms with Gasteiger partial charge in [-0.1, -0.05) is 36.4 Å². The Morgan fingerprint density at radius 2 is 1.81 bits per heavy atom. The Bertz CT molecular complexity index is 851.